The second-order valence-corrected chi connectivity index (χ2v) is 12.1. The van der Waals surface area contributed by atoms with Crippen molar-refractivity contribution < 1.29 is 32.2 Å². The van der Waals surface area contributed by atoms with Crippen LogP contribution in [0.1, 0.15) is 31.4 Å². The first-order valence-corrected chi connectivity index (χ1v) is 15.5. The van der Waals surface area contributed by atoms with E-state index in [1.807, 2.05) is 38.1 Å². The molecule has 0 saturated heterocycles. The second kappa shape index (κ2) is 15.0. The molecule has 3 aromatic rings. The molecule has 0 unspecified atom stereocenters. The number of nitrogens with one attached hydrogen (secondary N) is 1. The van der Waals surface area contributed by atoms with Gasteiger partial charge in [-0.3, -0.25) is 13.9 Å². The highest BCUT2D eigenvalue weighted by atomic mass is 35.5. The number of ether oxygens (including phenoxy) is 3. The van der Waals surface area contributed by atoms with E-state index in [0.29, 0.717) is 12.3 Å². The molecular formula is C31H38ClN3O7S. The van der Waals surface area contributed by atoms with E-state index in [4.69, 9.17) is 25.8 Å². The predicted octanol–water partition coefficient (Wildman–Crippen LogP) is 4.81. The molecule has 10 nitrogen and oxygen atoms in total. The number of nitrogens with zero attached hydrogens (tertiary/aromatic N) is 2. The van der Waals surface area contributed by atoms with Crippen molar-refractivity contribution >= 4 is 39.1 Å². The molecule has 3 rings (SSSR count). The molecular weight excluding hydrogens is 594 g/mol. The van der Waals surface area contributed by atoms with Gasteiger partial charge >= 0.3 is 0 Å². The maximum Gasteiger partial charge on any atom is 0.265 e. The summed E-state index contributed by atoms with van der Waals surface area (Å²) in [4.78, 5) is 28.4. The summed E-state index contributed by atoms with van der Waals surface area (Å²) in [6.07, 6.45) is 0.718. The number of benzene rings is 3. The lowest BCUT2D eigenvalue weighted by atomic mass is 10.1. The van der Waals surface area contributed by atoms with E-state index < -0.39 is 28.5 Å². The van der Waals surface area contributed by atoms with Gasteiger partial charge < -0.3 is 24.4 Å². The van der Waals surface area contributed by atoms with Gasteiger partial charge in [0.1, 0.15) is 18.3 Å². The van der Waals surface area contributed by atoms with E-state index in [1.54, 1.807) is 13.0 Å². The van der Waals surface area contributed by atoms with Crippen molar-refractivity contribution in [3.63, 3.8) is 0 Å². The molecule has 0 aliphatic carbocycles. The van der Waals surface area contributed by atoms with Crippen LogP contribution in [0, 0.1) is 6.92 Å². The quantitative estimate of drug-likeness (QED) is 0.271. The zero-order chi connectivity index (χ0) is 31.7. The van der Waals surface area contributed by atoms with Crippen molar-refractivity contribution in [2.75, 3.05) is 38.7 Å². The van der Waals surface area contributed by atoms with E-state index in [0.717, 1.165) is 21.9 Å². The number of methoxy groups -OCH3 is 3. The smallest absolute Gasteiger partial charge is 0.265 e. The highest BCUT2D eigenvalue weighted by Gasteiger charge is 2.34. The fourth-order valence-electron chi connectivity index (χ4n) is 4.46. The SMILES string of the molecule is CCCNC(=O)[C@H](C)N(Cc1cccc(C)c1)C(=O)CN(c1cc(Cl)ccc1OC)S(=O)(=O)c1ccc(OC)c(OC)c1. The van der Waals surface area contributed by atoms with Crippen molar-refractivity contribution in [2.45, 2.75) is 44.7 Å². The first kappa shape index (κ1) is 33.5. The van der Waals surface area contributed by atoms with Gasteiger partial charge in [-0.1, -0.05) is 48.4 Å². The summed E-state index contributed by atoms with van der Waals surface area (Å²) in [5.74, 6) is -0.250. The number of carbonyl (C=O) groups is 2. The molecule has 0 heterocycles. The third kappa shape index (κ3) is 8.11. The molecule has 0 radical (unpaired) electrons. The Morgan fingerprint density at radius 2 is 1.60 bits per heavy atom. The van der Waals surface area contributed by atoms with Crippen LogP contribution in [0.2, 0.25) is 5.02 Å². The molecule has 3 aromatic carbocycles. The summed E-state index contributed by atoms with van der Waals surface area (Å²) >= 11 is 6.30. The lowest BCUT2D eigenvalue weighted by molar-refractivity contribution is -0.139. The molecule has 0 spiro atoms. The number of sulfonamides is 1. The Hall–Kier alpha value is -3.96. The highest BCUT2D eigenvalue weighted by Crippen LogP contribution is 2.37. The van der Waals surface area contributed by atoms with Crippen molar-refractivity contribution in [3.8, 4) is 17.2 Å². The Kier molecular flexibility index (Phi) is 11.7. The number of halogens is 1. The highest BCUT2D eigenvalue weighted by molar-refractivity contribution is 7.92. The van der Waals surface area contributed by atoms with E-state index in [2.05, 4.69) is 5.32 Å². The van der Waals surface area contributed by atoms with Gasteiger partial charge in [-0.15, -0.1) is 0 Å². The minimum absolute atomic E-state index is 0.0525. The van der Waals surface area contributed by atoms with Gasteiger partial charge in [-0.25, -0.2) is 8.42 Å². The van der Waals surface area contributed by atoms with Crippen molar-refractivity contribution in [1.82, 2.24) is 10.2 Å². The van der Waals surface area contributed by atoms with Crippen LogP contribution in [0.3, 0.4) is 0 Å². The maximum atomic E-state index is 14.3. The average Bonchev–Trinajstić information content (AvgIpc) is 3.00. The molecule has 0 aliphatic rings. The fraction of sp³-hybridized carbons (Fsp3) is 0.355. The number of amides is 2. The van der Waals surface area contributed by atoms with E-state index in [1.165, 1.54) is 56.6 Å². The molecule has 232 valence electrons. The summed E-state index contributed by atoms with van der Waals surface area (Å²) in [6, 6.07) is 15.3. The number of hydrogen-bond acceptors (Lipinski definition) is 7. The monoisotopic (exact) mass is 631 g/mol. The summed E-state index contributed by atoms with van der Waals surface area (Å²) in [6.45, 7) is 5.34. The summed E-state index contributed by atoms with van der Waals surface area (Å²) in [5.41, 5.74) is 1.82. The standard InChI is InChI=1S/C31H38ClN3O7S/c1-7-15-33-31(37)22(3)34(19-23-10-8-9-21(2)16-23)30(36)20-35(26-17-24(32)11-13-27(26)40-4)43(38,39)25-12-14-28(41-5)29(18-25)42-6/h8-14,16-18,22H,7,15,19-20H2,1-6H3,(H,33,37)/t22-/m0/s1. The Labute approximate surface area is 258 Å². The van der Waals surface area contributed by atoms with Crippen LogP contribution in [0.15, 0.2) is 65.6 Å². The molecule has 0 saturated carbocycles. The van der Waals surface area contributed by atoms with Crippen LogP contribution < -0.4 is 23.8 Å². The lowest BCUT2D eigenvalue weighted by Crippen LogP contribution is -2.51. The van der Waals surface area contributed by atoms with Gasteiger partial charge in [0.15, 0.2) is 11.5 Å². The number of carbonyl (C=O) groups excluding carboxylic acids is 2. The van der Waals surface area contributed by atoms with E-state index in [-0.39, 0.29) is 39.6 Å². The van der Waals surface area contributed by atoms with Gasteiger partial charge in [-0.05, 0) is 56.2 Å². The predicted molar refractivity (Wildman–Crippen MR) is 167 cm³/mol. The molecule has 2 amide bonds. The summed E-state index contributed by atoms with van der Waals surface area (Å²) < 4.78 is 45.5. The van der Waals surface area contributed by atoms with Crippen LogP contribution in [0.25, 0.3) is 0 Å². The van der Waals surface area contributed by atoms with Crippen LogP contribution in [0.4, 0.5) is 5.69 Å². The number of aryl methyl sites for hydroxylation is 1. The van der Waals surface area contributed by atoms with Crippen molar-refractivity contribution in [2.24, 2.45) is 0 Å². The number of anilines is 1. The summed E-state index contributed by atoms with van der Waals surface area (Å²) in [5, 5.41) is 3.06. The molecule has 0 fully saturated rings. The van der Waals surface area contributed by atoms with Gasteiger partial charge in [0.25, 0.3) is 10.0 Å². The molecule has 1 N–H and O–H groups in total. The van der Waals surface area contributed by atoms with Crippen molar-refractivity contribution in [1.29, 1.82) is 0 Å². The minimum atomic E-state index is -4.42. The zero-order valence-electron chi connectivity index (χ0n) is 25.2. The molecule has 12 heteroatoms. The van der Waals surface area contributed by atoms with Gasteiger partial charge in [0.05, 0.1) is 31.9 Å². The molecule has 1 atom stereocenters. The minimum Gasteiger partial charge on any atom is -0.495 e. The third-order valence-electron chi connectivity index (χ3n) is 6.78. The zero-order valence-corrected chi connectivity index (χ0v) is 26.8. The summed E-state index contributed by atoms with van der Waals surface area (Å²) in [7, 11) is -0.198. The first-order valence-electron chi connectivity index (χ1n) is 13.7. The van der Waals surface area contributed by atoms with Crippen LogP contribution >= 0.6 is 11.6 Å². The topological polar surface area (TPSA) is 114 Å². The Morgan fingerprint density at radius 1 is 0.930 bits per heavy atom. The fourth-order valence-corrected chi connectivity index (χ4v) is 6.06. The van der Waals surface area contributed by atoms with Gasteiger partial charge in [-0.2, -0.15) is 0 Å². The normalized spacial score (nSPS) is 11.8. The Balaban J connectivity index is 2.14. The first-order chi connectivity index (χ1) is 20.5. The molecule has 0 bridgehead atoms. The third-order valence-corrected chi connectivity index (χ3v) is 8.77. The van der Waals surface area contributed by atoms with E-state index in [9.17, 15) is 18.0 Å². The lowest BCUT2D eigenvalue weighted by Gasteiger charge is -2.32. The Bertz CT molecular complexity index is 1550. The molecule has 43 heavy (non-hydrogen) atoms. The maximum absolute atomic E-state index is 14.3. The molecule has 0 aromatic heterocycles. The average molecular weight is 632 g/mol. The van der Waals surface area contributed by atoms with E-state index >= 15 is 0 Å². The van der Waals surface area contributed by atoms with Crippen molar-refractivity contribution in [3.05, 3.63) is 76.8 Å². The second-order valence-electron chi connectivity index (χ2n) is 9.82. The molecule has 0 aliphatic heterocycles. The van der Waals surface area contributed by atoms with Crippen LogP contribution in [-0.4, -0.2) is 65.6 Å². The van der Waals surface area contributed by atoms with Gasteiger partial charge in [0, 0.05) is 24.2 Å². The largest absolute Gasteiger partial charge is 0.495 e. The number of hydrogen-bond donors (Lipinski definition) is 1. The number of rotatable bonds is 14. The van der Waals surface area contributed by atoms with Gasteiger partial charge in [0.2, 0.25) is 11.8 Å². The Morgan fingerprint density at radius 3 is 2.23 bits per heavy atom. The van der Waals surface area contributed by atoms with Crippen LogP contribution in [-0.2, 0) is 26.2 Å². The van der Waals surface area contributed by atoms with Crippen LogP contribution in [0.5, 0.6) is 17.2 Å².